The maximum absolute atomic E-state index is 12.5. The summed E-state index contributed by atoms with van der Waals surface area (Å²) in [4.78, 5) is 70.6. The fourth-order valence-electron chi connectivity index (χ4n) is 2.61. The van der Waals surface area contributed by atoms with Crippen LogP contribution in [-0.4, -0.2) is 83.0 Å². The first-order valence-corrected chi connectivity index (χ1v) is 10.2. The van der Waals surface area contributed by atoms with Crippen LogP contribution in [0.2, 0.25) is 0 Å². The van der Waals surface area contributed by atoms with E-state index in [1.807, 2.05) is 0 Å². The number of carbonyl (C=O) groups excluding carboxylic acids is 5. The fourth-order valence-corrected chi connectivity index (χ4v) is 2.61. The maximum atomic E-state index is 12.5. The molecule has 4 unspecified atom stereocenters. The van der Waals surface area contributed by atoms with Gasteiger partial charge in [0.1, 0.15) is 18.1 Å². The molecule has 0 radical (unpaired) electrons. The van der Waals surface area contributed by atoms with Crippen LogP contribution in [0.3, 0.4) is 0 Å². The molecule has 0 aromatic carbocycles. The summed E-state index contributed by atoms with van der Waals surface area (Å²) in [6, 6.07) is -5.62. The minimum atomic E-state index is -1.62. The molecule has 0 saturated heterocycles. The van der Waals surface area contributed by atoms with Crippen molar-refractivity contribution in [1.29, 1.82) is 0 Å². The topological polar surface area (TPSA) is 283 Å². The summed E-state index contributed by atoms with van der Waals surface area (Å²) < 4.78 is 0. The summed E-state index contributed by atoms with van der Waals surface area (Å²) in [5, 5.41) is 25.1. The molecular formula is C18H33N7O8. The number of unbranched alkanes of at least 4 members (excludes halogenated alkanes) is 1. The molecular weight excluding hydrogens is 442 g/mol. The number of nitrogens with two attached hydrogens (primary N) is 4. The second kappa shape index (κ2) is 15.5. The summed E-state index contributed by atoms with van der Waals surface area (Å²) in [5.74, 6) is -6.11. The molecule has 4 atom stereocenters. The monoisotopic (exact) mass is 475 g/mol. The van der Waals surface area contributed by atoms with Crippen molar-refractivity contribution in [3.8, 4) is 0 Å². The molecule has 5 amide bonds. The number of primary amides is 2. The van der Waals surface area contributed by atoms with E-state index in [9.17, 15) is 39.0 Å². The van der Waals surface area contributed by atoms with Gasteiger partial charge >= 0.3 is 5.97 Å². The highest BCUT2D eigenvalue weighted by Crippen LogP contribution is 2.02. The van der Waals surface area contributed by atoms with Crippen LogP contribution >= 0.6 is 0 Å². The second-order valence-electron chi connectivity index (χ2n) is 7.27. The Kier molecular flexibility index (Phi) is 13.9. The summed E-state index contributed by atoms with van der Waals surface area (Å²) >= 11 is 0. The molecule has 33 heavy (non-hydrogen) atoms. The molecule has 0 spiro atoms. The highest BCUT2D eigenvalue weighted by atomic mass is 16.4. The zero-order valence-corrected chi connectivity index (χ0v) is 18.1. The molecule has 0 rings (SSSR count). The van der Waals surface area contributed by atoms with E-state index in [0.717, 1.165) is 0 Å². The van der Waals surface area contributed by atoms with Gasteiger partial charge in [0.15, 0.2) is 0 Å². The van der Waals surface area contributed by atoms with Crippen LogP contribution in [0.5, 0.6) is 0 Å². The zero-order valence-electron chi connectivity index (χ0n) is 18.1. The number of nitrogens with one attached hydrogen (secondary N) is 3. The van der Waals surface area contributed by atoms with Gasteiger partial charge in [-0.15, -0.1) is 0 Å². The number of rotatable bonds is 17. The quantitative estimate of drug-likeness (QED) is 0.0903. The Bertz CT molecular complexity index is 718. The van der Waals surface area contributed by atoms with Gasteiger partial charge < -0.3 is 49.1 Å². The third-order valence-corrected chi connectivity index (χ3v) is 4.45. The third kappa shape index (κ3) is 12.4. The lowest BCUT2D eigenvalue weighted by atomic mass is 10.1. The molecule has 0 aromatic heterocycles. The minimum absolute atomic E-state index is 0.289. The Labute approximate surface area is 190 Å². The van der Waals surface area contributed by atoms with Crippen LogP contribution in [0.25, 0.3) is 0 Å². The van der Waals surface area contributed by atoms with Gasteiger partial charge in [-0.3, -0.25) is 24.0 Å². The van der Waals surface area contributed by atoms with Crippen molar-refractivity contribution < 1.29 is 39.0 Å². The first-order valence-electron chi connectivity index (χ1n) is 10.2. The van der Waals surface area contributed by atoms with Crippen molar-refractivity contribution in [2.24, 2.45) is 22.9 Å². The van der Waals surface area contributed by atoms with Crippen molar-refractivity contribution in [3.05, 3.63) is 0 Å². The van der Waals surface area contributed by atoms with Crippen molar-refractivity contribution in [1.82, 2.24) is 16.0 Å². The Morgan fingerprint density at radius 3 is 1.79 bits per heavy atom. The molecule has 0 heterocycles. The molecule has 188 valence electrons. The van der Waals surface area contributed by atoms with Crippen LogP contribution in [0.15, 0.2) is 0 Å². The molecule has 0 bridgehead atoms. The van der Waals surface area contributed by atoms with Gasteiger partial charge in [-0.05, 0) is 25.8 Å². The number of amides is 5. The first kappa shape index (κ1) is 29.7. The van der Waals surface area contributed by atoms with Crippen molar-refractivity contribution >= 4 is 35.5 Å². The Balaban J connectivity index is 5.21. The van der Waals surface area contributed by atoms with E-state index in [1.54, 1.807) is 0 Å². The first-order chi connectivity index (χ1) is 15.4. The number of hydrogen-bond donors (Lipinski definition) is 9. The number of aliphatic carboxylic acids is 1. The van der Waals surface area contributed by atoms with Crippen molar-refractivity contribution in [3.63, 3.8) is 0 Å². The molecule has 0 aromatic rings. The fraction of sp³-hybridized carbons (Fsp3) is 0.667. The number of carbonyl (C=O) groups is 6. The van der Waals surface area contributed by atoms with E-state index in [0.29, 0.717) is 19.4 Å². The Morgan fingerprint density at radius 1 is 0.758 bits per heavy atom. The van der Waals surface area contributed by atoms with Gasteiger partial charge in [-0.25, -0.2) is 4.79 Å². The van der Waals surface area contributed by atoms with Gasteiger partial charge in [0, 0.05) is 6.42 Å². The van der Waals surface area contributed by atoms with E-state index < -0.39 is 72.7 Å². The highest BCUT2D eigenvalue weighted by Gasteiger charge is 2.31. The molecule has 0 fully saturated rings. The summed E-state index contributed by atoms with van der Waals surface area (Å²) in [7, 11) is 0. The number of hydrogen-bond acceptors (Lipinski definition) is 9. The van der Waals surface area contributed by atoms with E-state index in [2.05, 4.69) is 16.0 Å². The zero-order chi connectivity index (χ0) is 25.6. The molecule has 0 aliphatic rings. The Hall–Kier alpha value is -3.30. The normalized spacial score (nSPS) is 14.3. The molecule has 13 N–H and O–H groups in total. The van der Waals surface area contributed by atoms with Crippen LogP contribution in [0.1, 0.15) is 38.5 Å². The van der Waals surface area contributed by atoms with Gasteiger partial charge in [0.25, 0.3) is 0 Å². The van der Waals surface area contributed by atoms with E-state index >= 15 is 0 Å². The SMILES string of the molecule is NCCCCC(N)C(=O)NC(CO)C(=O)NC(CC(N)=O)C(=O)NC(CCC(N)=O)C(=O)O. The lowest BCUT2D eigenvalue weighted by molar-refractivity contribution is -0.142. The van der Waals surface area contributed by atoms with E-state index in [4.69, 9.17) is 22.9 Å². The van der Waals surface area contributed by atoms with Gasteiger partial charge in [-0.2, -0.15) is 0 Å². The van der Waals surface area contributed by atoms with Crippen molar-refractivity contribution in [2.45, 2.75) is 62.7 Å². The predicted octanol–water partition coefficient (Wildman–Crippen LogP) is -4.89. The van der Waals surface area contributed by atoms with Gasteiger partial charge in [0.05, 0.1) is 19.1 Å². The Morgan fingerprint density at radius 2 is 1.30 bits per heavy atom. The standard InChI is InChI=1S/C18H33N7O8/c19-6-2-1-3-9(20)15(29)25-12(8-26)17(31)24-11(7-14(22)28)16(30)23-10(18(32)33)4-5-13(21)27/h9-12,26H,1-8,19-20H2,(H2,21,27)(H2,22,28)(H,23,30)(H,24,31)(H,25,29)(H,32,33). The summed E-state index contributed by atoms with van der Waals surface area (Å²) in [5.41, 5.74) is 21.2. The molecule has 0 saturated carbocycles. The van der Waals surface area contributed by atoms with Crippen LogP contribution in [0, 0.1) is 0 Å². The average molecular weight is 476 g/mol. The largest absolute Gasteiger partial charge is 0.480 e. The minimum Gasteiger partial charge on any atom is -0.480 e. The molecule has 15 nitrogen and oxygen atoms in total. The number of aliphatic hydroxyl groups is 1. The average Bonchev–Trinajstić information content (AvgIpc) is 2.73. The highest BCUT2D eigenvalue weighted by molar-refractivity contribution is 5.96. The number of carboxylic acids is 1. The molecule has 15 heteroatoms. The van der Waals surface area contributed by atoms with E-state index in [-0.39, 0.29) is 19.3 Å². The van der Waals surface area contributed by atoms with Gasteiger partial charge in [-0.1, -0.05) is 6.42 Å². The smallest absolute Gasteiger partial charge is 0.326 e. The van der Waals surface area contributed by atoms with Gasteiger partial charge in [0.2, 0.25) is 29.5 Å². The van der Waals surface area contributed by atoms with E-state index in [1.165, 1.54) is 0 Å². The lowest BCUT2D eigenvalue weighted by Crippen LogP contribution is -2.58. The maximum Gasteiger partial charge on any atom is 0.326 e. The molecule has 0 aliphatic carbocycles. The summed E-state index contributed by atoms with van der Waals surface area (Å²) in [6.45, 7) is -0.432. The van der Waals surface area contributed by atoms with Crippen LogP contribution < -0.4 is 38.9 Å². The second-order valence-corrected chi connectivity index (χ2v) is 7.27. The number of carboxylic acid groups (broad SMARTS) is 1. The number of aliphatic hydroxyl groups excluding tert-OH is 1. The summed E-state index contributed by atoms with van der Waals surface area (Å²) in [6.07, 6.45) is 0.134. The van der Waals surface area contributed by atoms with Crippen LogP contribution in [0.4, 0.5) is 0 Å². The third-order valence-electron chi connectivity index (χ3n) is 4.45. The lowest BCUT2D eigenvalue weighted by Gasteiger charge is -2.23. The van der Waals surface area contributed by atoms with Crippen molar-refractivity contribution in [2.75, 3.05) is 13.2 Å². The van der Waals surface area contributed by atoms with Crippen LogP contribution in [-0.2, 0) is 28.8 Å². The molecule has 0 aliphatic heterocycles. The predicted molar refractivity (Wildman–Crippen MR) is 114 cm³/mol.